The Labute approximate surface area is 152 Å². The molecule has 1 aliphatic heterocycles. The number of carboxylic acid groups (broad SMARTS) is 1. The molecular weight excluding hydrogens is 340 g/mol. The molecule has 0 radical (unpaired) electrons. The van der Waals surface area contributed by atoms with E-state index in [-0.39, 0.29) is 24.3 Å². The molecule has 2 N–H and O–H groups in total. The Morgan fingerprint density at radius 1 is 1.24 bits per heavy atom. The molecule has 1 heterocycles. The van der Waals surface area contributed by atoms with Gasteiger partial charge in [0.2, 0.25) is 5.91 Å². The molecule has 2 amide bonds. The first-order chi connectivity index (χ1) is 12.0. The molecule has 136 valence electrons. The molecule has 0 bridgehead atoms. The molecule has 0 aliphatic carbocycles. The second kappa shape index (κ2) is 9.46. The van der Waals surface area contributed by atoms with Crippen molar-refractivity contribution >= 4 is 29.5 Å². The molecule has 2 rings (SSSR count). The molecule has 25 heavy (non-hydrogen) atoms. The van der Waals surface area contributed by atoms with Gasteiger partial charge in [-0.1, -0.05) is 12.1 Å². The highest BCUT2D eigenvalue weighted by Gasteiger charge is 2.19. The minimum atomic E-state index is -0.877. The summed E-state index contributed by atoms with van der Waals surface area (Å²) >= 11 is 1.37. The third-order valence-corrected chi connectivity index (χ3v) is 5.17. The summed E-state index contributed by atoms with van der Waals surface area (Å²) in [4.78, 5) is 37.9. The maximum Gasteiger partial charge on any atom is 0.303 e. The Hall–Kier alpha value is -2.02. The molecular formula is C18H24N2O4S. The van der Waals surface area contributed by atoms with Gasteiger partial charge in [-0.15, -0.1) is 11.8 Å². The molecule has 1 aromatic carbocycles. The smallest absolute Gasteiger partial charge is 0.303 e. The summed E-state index contributed by atoms with van der Waals surface area (Å²) in [5.41, 5.74) is 0.517. The highest BCUT2D eigenvalue weighted by atomic mass is 32.2. The van der Waals surface area contributed by atoms with Crippen LogP contribution < -0.4 is 5.32 Å². The van der Waals surface area contributed by atoms with Crippen molar-refractivity contribution in [2.75, 3.05) is 18.8 Å². The SMILES string of the molecule is CC(CCC(=O)O)NC(=O)c1ccccc1SCC(=O)N1CCCC1. The number of amides is 2. The van der Waals surface area contributed by atoms with Crippen LogP contribution in [0.25, 0.3) is 0 Å². The van der Waals surface area contributed by atoms with Crippen molar-refractivity contribution < 1.29 is 19.5 Å². The number of nitrogens with zero attached hydrogens (tertiary/aromatic N) is 1. The molecule has 1 atom stereocenters. The number of hydrogen-bond donors (Lipinski definition) is 2. The third-order valence-electron chi connectivity index (χ3n) is 4.11. The topological polar surface area (TPSA) is 86.7 Å². The Bertz CT molecular complexity index is 629. The molecule has 1 saturated heterocycles. The summed E-state index contributed by atoms with van der Waals surface area (Å²) in [5.74, 6) is -0.696. The number of carbonyl (C=O) groups excluding carboxylic acids is 2. The highest BCUT2D eigenvalue weighted by Crippen LogP contribution is 2.24. The lowest BCUT2D eigenvalue weighted by molar-refractivity contribution is -0.137. The fourth-order valence-electron chi connectivity index (χ4n) is 2.69. The number of benzene rings is 1. The van der Waals surface area contributed by atoms with Gasteiger partial charge in [-0.2, -0.15) is 0 Å². The van der Waals surface area contributed by atoms with E-state index in [1.54, 1.807) is 19.1 Å². The second-order valence-corrected chi connectivity index (χ2v) is 7.20. The van der Waals surface area contributed by atoms with Gasteiger partial charge in [0.25, 0.3) is 5.91 Å². The van der Waals surface area contributed by atoms with Crippen LogP contribution in [0.4, 0.5) is 0 Å². The number of carbonyl (C=O) groups is 3. The van der Waals surface area contributed by atoms with Gasteiger partial charge in [0.05, 0.1) is 11.3 Å². The fourth-order valence-corrected chi connectivity index (χ4v) is 3.64. The van der Waals surface area contributed by atoms with Crippen molar-refractivity contribution in [1.29, 1.82) is 0 Å². The fraction of sp³-hybridized carbons (Fsp3) is 0.500. The lowest BCUT2D eigenvalue weighted by Gasteiger charge is -2.16. The van der Waals surface area contributed by atoms with Crippen LogP contribution >= 0.6 is 11.8 Å². The maximum absolute atomic E-state index is 12.5. The quantitative estimate of drug-likeness (QED) is 0.692. The zero-order valence-corrected chi connectivity index (χ0v) is 15.2. The molecule has 0 spiro atoms. The van der Waals surface area contributed by atoms with Gasteiger partial charge >= 0.3 is 5.97 Å². The van der Waals surface area contributed by atoms with Gasteiger partial charge in [0.15, 0.2) is 0 Å². The van der Waals surface area contributed by atoms with Crippen molar-refractivity contribution in [3.8, 4) is 0 Å². The number of rotatable bonds is 8. The largest absolute Gasteiger partial charge is 0.481 e. The van der Waals surface area contributed by atoms with Gasteiger partial charge in [-0.3, -0.25) is 14.4 Å². The molecule has 0 saturated carbocycles. The normalized spacial score (nSPS) is 15.0. The molecule has 1 unspecified atom stereocenters. The third kappa shape index (κ3) is 6.08. The maximum atomic E-state index is 12.5. The zero-order valence-electron chi connectivity index (χ0n) is 14.4. The Morgan fingerprint density at radius 2 is 1.92 bits per heavy atom. The van der Waals surface area contributed by atoms with Gasteiger partial charge in [-0.05, 0) is 38.3 Å². The zero-order chi connectivity index (χ0) is 18.2. The van der Waals surface area contributed by atoms with Crippen LogP contribution in [0.15, 0.2) is 29.2 Å². The van der Waals surface area contributed by atoms with E-state index in [0.29, 0.717) is 17.7 Å². The Morgan fingerprint density at radius 3 is 2.60 bits per heavy atom. The molecule has 6 nitrogen and oxygen atoms in total. The van der Waals surface area contributed by atoms with Crippen LogP contribution in [-0.4, -0.2) is 52.7 Å². The highest BCUT2D eigenvalue weighted by molar-refractivity contribution is 8.00. The molecule has 1 aliphatic rings. The monoisotopic (exact) mass is 364 g/mol. The van der Waals surface area contributed by atoms with Crippen molar-refractivity contribution in [1.82, 2.24) is 10.2 Å². The first-order valence-electron chi connectivity index (χ1n) is 8.49. The van der Waals surface area contributed by atoms with E-state index in [9.17, 15) is 14.4 Å². The molecule has 0 aromatic heterocycles. The van der Waals surface area contributed by atoms with E-state index in [1.165, 1.54) is 11.8 Å². The van der Waals surface area contributed by atoms with Crippen LogP contribution in [0.2, 0.25) is 0 Å². The van der Waals surface area contributed by atoms with E-state index in [0.717, 1.165) is 30.8 Å². The van der Waals surface area contributed by atoms with E-state index < -0.39 is 5.97 Å². The van der Waals surface area contributed by atoms with Crippen LogP contribution in [0.3, 0.4) is 0 Å². The predicted octanol–water partition coefficient (Wildman–Crippen LogP) is 2.38. The standard InChI is InChI=1S/C18H24N2O4S/c1-13(8-9-17(22)23)19-18(24)14-6-2-3-7-15(14)25-12-16(21)20-10-4-5-11-20/h2-3,6-7,13H,4-5,8-12H2,1H3,(H,19,24)(H,22,23). The van der Waals surface area contributed by atoms with Crippen molar-refractivity contribution in [2.45, 2.75) is 43.5 Å². The summed E-state index contributed by atoms with van der Waals surface area (Å²) in [5, 5.41) is 11.5. The summed E-state index contributed by atoms with van der Waals surface area (Å²) in [7, 11) is 0. The minimum absolute atomic E-state index is 0.0161. The van der Waals surface area contributed by atoms with Crippen molar-refractivity contribution in [3.05, 3.63) is 29.8 Å². The average Bonchev–Trinajstić information content (AvgIpc) is 3.12. The summed E-state index contributed by atoms with van der Waals surface area (Å²) in [6.45, 7) is 3.43. The number of carboxylic acids is 1. The first-order valence-corrected chi connectivity index (χ1v) is 9.48. The number of hydrogen-bond acceptors (Lipinski definition) is 4. The van der Waals surface area contributed by atoms with Crippen molar-refractivity contribution in [2.24, 2.45) is 0 Å². The van der Waals surface area contributed by atoms with Gasteiger partial charge in [-0.25, -0.2) is 0 Å². The number of thioether (sulfide) groups is 1. The minimum Gasteiger partial charge on any atom is -0.481 e. The lowest BCUT2D eigenvalue weighted by atomic mass is 10.1. The number of likely N-dealkylation sites (tertiary alicyclic amines) is 1. The van der Waals surface area contributed by atoms with Crippen LogP contribution in [0, 0.1) is 0 Å². The summed E-state index contributed by atoms with van der Waals surface area (Å²) < 4.78 is 0. The van der Waals surface area contributed by atoms with E-state index in [2.05, 4.69) is 5.32 Å². The summed E-state index contributed by atoms with van der Waals surface area (Å²) in [6, 6.07) is 6.95. The van der Waals surface area contributed by atoms with Crippen LogP contribution in [0.1, 0.15) is 43.0 Å². The van der Waals surface area contributed by atoms with E-state index in [1.807, 2.05) is 17.0 Å². The lowest BCUT2D eigenvalue weighted by Crippen LogP contribution is -2.33. The predicted molar refractivity (Wildman–Crippen MR) is 96.8 cm³/mol. The van der Waals surface area contributed by atoms with Crippen molar-refractivity contribution in [3.63, 3.8) is 0 Å². The number of nitrogens with one attached hydrogen (secondary N) is 1. The molecule has 1 fully saturated rings. The van der Waals surface area contributed by atoms with Crippen LogP contribution in [0.5, 0.6) is 0 Å². The molecule has 1 aromatic rings. The average molecular weight is 364 g/mol. The van der Waals surface area contributed by atoms with E-state index in [4.69, 9.17) is 5.11 Å². The Kier molecular flexibility index (Phi) is 7.31. The van der Waals surface area contributed by atoms with Gasteiger partial charge in [0.1, 0.15) is 0 Å². The summed E-state index contributed by atoms with van der Waals surface area (Å²) in [6.07, 6.45) is 2.51. The second-order valence-electron chi connectivity index (χ2n) is 6.18. The van der Waals surface area contributed by atoms with Gasteiger partial charge < -0.3 is 15.3 Å². The Balaban J connectivity index is 1.93. The van der Waals surface area contributed by atoms with Crippen LogP contribution in [-0.2, 0) is 9.59 Å². The number of aliphatic carboxylic acids is 1. The molecule has 7 heteroatoms. The van der Waals surface area contributed by atoms with E-state index >= 15 is 0 Å². The van der Waals surface area contributed by atoms with Gasteiger partial charge in [0, 0.05) is 30.4 Å². The first kappa shape index (κ1) is 19.3.